The molecule has 0 bridgehead atoms. The van der Waals surface area contributed by atoms with Crippen LogP contribution in [0.2, 0.25) is 0 Å². The third-order valence-electron chi connectivity index (χ3n) is 5.32. The van der Waals surface area contributed by atoms with Crippen molar-refractivity contribution in [2.24, 2.45) is 0 Å². The Hall–Kier alpha value is -0.100. The van der Waals surface area contributed by atoms with E-state index in [0.717, 1.165) is 25.7 Å². The van der Waals surface area contributed by atoms with E-state index in [1.165, 1.54) is 64.2 Å². The molecule has 6 heteroatoms. The molecule has 0 saturated carbocycles. The summed E-state index contributed by atoms with van der Waals surface area (Å²) in [6.07, 6.45) is 17.7. The molecule has 0 heterocycles. The molecule has 0 amide bonds. The maximum Gasteiger partial charge on any atom is 0.151 e. The standard InChI is InChI=1S/C22H46O4S2/c1-3-5-7-9-11-13-15-17-19-27(23,24)21-22-28(25,26)20-18-16-14-12-10-8-6-4-2/h3-22H2,1-2H3. The smallest absolute Gasteiger partial charge is 0.151 e. The fourth-order valence-corrected chi connectivity index (χ4v) is 7.10. The quantitative estimate of drug-likeness (QED) is 0.203. The molecular formula is C22H46O4S2. The van der Waals surface area contributed by atoms with Crippen LogP contribution in [0, 0.1) is 0 Å². The third-order valence-corrected chi connectivity index (χ3v) is 9.06. The van der Waals surface area contributed by atoms with Crippen LogP contribution in [0.25, 0.3) is 0 Å². The zero-order valence-corrected chi connectivity index (χ0v) is 20.2. The van der Waals surface area contributed by atoms with E-state index in [2.05, 4.69) is 13.8 Å². The van der Waals surface area contributed by atoms with Crippen LogP contribution >= 0.6 is 0 Å². The van der Waals surface area contributed by atoms with Gasteiger partial charge in [-0.15, -0.1) is 0 Å². The second-order valence-electron chi connectivity index (χ2n) is 8.25. The van der Waals surface area contributed by atoms with Gasteiger partial charge in [-0.05, 0) is 12.8 Å². The van der Waals surface area contributed by atoms with Gasteiger partial charge < -0.3 is 0 Å². The minimum Gasteiger partial charge on any atom is -0.229 e. The van der Waals surface area contributed by atoms with Gasteiger partial charge in [-0.3, -0.25) is 0 Å². The Morgan fingerprint density at radius 3 is 0.893 bits per heavy atom. The summed E-state index contributed by atoms with van der Waals surface area (Å²) < 4.78 is 48.4. The van der Waals surface area contributed by atoms with E-state index in [-0.39, 0.29) is 23.0 Å². The summed E-state index contributed by atoms with van der Waals surface area (Å²) in [7, 11) is -6.49. The first kappa shape index (κ1) is 27.9. The van der Waals surface area contributed by atoms with Gasteiger partial charge in [0, 0.05) is 0 Å². The molecule has 0 spiro atoms. The zero-order valence-electron chi connectivity index (χ0n) is 18.6. The first-order chi connectivity index (χ1) is 13.3. The maximum atomic E-state index is 12.1. The zero-order chi connectivity index (χ0) is 21.1. The maximum absolute atomic E-state index is 12.1. The number of hydrogen-bond acceptors (Lipinski definition) is 4. The summed E-state index contributed by atoms with van der Waals surface area (Å²) in [5.74, 6) is -0.143. The SMILES string of the molecule is CCCCCCCCCCS(=O)(=O)CCS(=O)(=O)CCCCCCCCCC. The van der Waals surface area contributed by atoms with Gasteiger partial charge in [0.25, 0.3) is 0 Å². The van der Waals surface area contributed by atoms with Crippen LogP contribution in [0.5, 0.6) is 0 Å². The Labute approximate surface area is 176 Å². The van der Waals surface area contributed by atoms with Gasteiger partial charge in [0.1, 0.15) is 0 Å². The van der Waals surface area contributed by atoms with E-state index >= 15 is 0 Å². The Bertz CT molecular complexity index is 489. The van der Waals surface area contributed by atoms with Gasteiger partial charge in [0.15, 0.2) is 19.7 Å². The summed E-state index contributed by atoms with van der Waals surface area (Å²) >= 11 is 0. The minimum absolute atomic E-state index is 0.134. The fraction of sp³-hybridized carbons (Fsp3) is 1.00. The monoisotopic (exact) mass is 438 g/mol. The minimum atomic E-state index is -3.24. The number of hydrogen-bond donors (Lipinski definition) is 0. The number of unbranched alkanes of at least 4 members (excludes halogenated alkanes) is 14. The van der Waals surface area contributed by atoms with Crippen molar-refractivity contribution in [2.45, 2.75) is 117 Å². The topological polar surface area (TPSA) is 68.3 Å². The molecule has 28 heavy (non-hydrogen) atoms. The second kappa shape index (κ2) is 17.7. The molecule has 0 radical (unpaired) electrons. The molecule has 0 rings (SSSR count). The first-order valence-corrected chi connectivity index (χ1v) is 15.4. The lowest BCUT2D eigenvalue weighted by atomic mass is 10.1. The first-order valence-electron chi connectivity index (χ1n) is 11.7. The molecule has 4 nitrogen and oxygen atoms in total. The highest BCUT2D eigenvalue weighted by Gasteiger charge is 2.17. The predicted molar refractivity (Wildman–Crippen MR) is 123 cm³/mol. The van der Waals surface area contributed by atoms with Crippen molar-refractivity contribution < 1.29 is 16.8 Å². The molecule has 170 valence electrons. The van der Waals surface area contributed by atoms with Crippen LogP contribution in [-0.4, -0.2) is 39.8 Å². The Morgan fingerprint density at radius 1 is 0.357 bits per heavy atom. The van der Waals surface area contributed by atoms with E-state index in [1.54, 1.807) is 0 Å². The van der Waals surface area contributed by atoms with Gasteiger partial charge >= 0.3 is 0 Å². The van der Waals surface area contributed by atoms with Gasteiger partial charge in [0.2, 0.25) is 0 Å². The average Bonchev–Trinajstić information content (AvgIpc) is 2.65. The average molecular weight is 439 g/mol. The van der Waals surface area contributed by atoms with Crippen LogP contribution in [0.15, 0.2) is 0 Å². The lowest BCUT2D eigenvalue weighted by Gasteiger charge is -2.07. The second-order valence-corrected chi connectivity index (χ2v) is 12.9. The molecule has 0 saturated heterocycles. The summed E-state index contributed by atoms with van der Waals surface area (Å²) in [5, 5.41) is 0. The van der Waals surface area contributed by atoms with Crippen molar-refractivity contribution >= 4 is 19.7 Å². The van der Waals surface area contributed by atoms with Gasteiger partial charge in [-0.2, -0.15) is 0 Å². The normalized spacial score (nSPS) is 12.5. The molecule has 0 aromatic heterocycles. The lowest BCUT2D eigenvalue weighted by Crippen LogP contribution is -2.21. The Morgan fingerprint density at radius 2 is 0.607 bits per heavy atom. The molecule has 0 aliphatic rings. The molecule has 0 aromatic rings. The van der Waals surface area contributed by atoms with Crippen LogP contribution < -0.4 is 0 Å². The molecule has 0 atom stereocenters. The third kappa shape index (κ3) is 19.2. The highest BCUT2D eigenvalue weighted by Crippen LogP contribution is 2.11. The van der Waals surface area contributed by atoms with E-state index in [4.69, 9.17) is 0 Å². The fourth-order valence-electron chi connectivity index (χ4n) is 3.37. The largest absolute Gasteiger partial charge is 0.229 e. The molecule has 0 fully saturated rings. The summed E-state index contributed by atoms with van der Waals surface area (Å²) in [4.78, 5) is 0. The van der Waals surface area contributed by atoms with Crippen molar-refractivity contribution in [3.8, 4) is 0 Å². The Kier molecular flexibility index (Phi) is 17.7. The van der Waals surface area contributed by atoms with Crippen LogP contribution in [0.4, 0.5) is 0 Å². The van der Waals surface area contributed by atoms with E-state index < -0.39 is 19.7 Å². The number of sulfone groups is 2. The number of rotatable bonds is 21. The van der Waals surface area contributed by atoms with E-state index in [1.807, 2.05) is 0 Å². The summed E-state index contributed by atoms with van der Waals surface area (Å²) in [6, 6.07) is 0. The highest BCUT2D eigenvalue weighted by atomic mass is 32.2. The molecular weight excluding hydrogens is 392 g/mol. The van der Waals surface area contributed by atoms with E-state index in [0.29, 0.717) is 12.8 Å². The van der Waals surface area contributed by atoms with Gasteiger partial charge in [-0.25, -0.2) is 16.8 Å². The molecule has 0 aliphatic heterocycles. The van der Waals surface area contributed by atoms with Crippen molar-refractivity contribution in [3.05, 3.63) is 0 Å². The Balaban J connectivity index is 3.75. The molecule has 0 aromatic carbocycles. The van der Waals surface area contributed by atoms with Crippen LogP contribution in [0.1, 0.15) is 117 Å². The van der Waals surface area contributed by atoms with Crippen molar-refractivity contribution in [1.82, 2.24) is 0 Å². The van der Waals surface area contributed by atoms with Crippen molar-refractivity contribution in [2.75, 3.05) is 23.0 Å². The molecule has 0 aliphatic carbocycles. The van der Waals surface area contributed by atoms with Crippen LogP contribution in [-0.2, 0) is 19.7 Å². The summed E-state index contributed by atoms with van der Waals surface area (Å²) in [5.41, 5.74) is 0. The highest BCUT2D eigenvalue weighted by molar-refractivity contribution is 7.95. The predicted octanol–water partition coefficient (Wildman–Crippen LogP) is 6.10. The lowest BCUT2D eigenvalue weighted by molar-refractivity contribution is 0.568. The van der Waals surface area contributed by atoms with E-state index in [9.17, 15) is 16.8 Å². The molecule has 0 N–H and O–H groups in total. The summed E-state index contributed by atoms with van der Waals surface area (Å²) in [6.45, 7) is 4.39. The van der Waals surface area contributed by atoms with Gasteiger partial charge in [0.05, 0.1) is 23.0 Å². The molecule has 0 unspecified atom stereocenters. The van der Waals surface area contributed by atoms with Crippen molar-refractivity contribution in [3.63, 3.8) is 0 Å². The van der Waals surface area contributed by atoms with Gasteiger partial charge in [-0.1, -0.05) is 104 Å². The van der Waals surface area contributed by atoms with Crippen LogP contribution in [0.3, 0.4) is 0 Å². The van der Waals surface area contributed by atoms with Crippen molar-refractivity contribution in [1.29, 1.82) is 0 Å².